The number of aryl methyl sites for hydroxylation is 3. The Bertz CT molecular complexity index is 1420. The van der Waals surface area contributed by atoms with E-state index in [4.69, 9.17) is 4.98 Å². The number of benzene rings is 1. The number of aromatic nitrogens is 2. The summed E-state index contributed by atoms with van der Waals surface area (Å²) in [4.78, 5) is 45.0. The molecule has 0 atom stereocenters. The Morgan fingerprint density at radius 3 is 2.58 bits per heavy atom. The van der Waals surface area contributed by atoms with E-state index in [2.05, 4.69) is 10.9 Å². The van der Waals surface area contributed by atoms with Crippen molar-refractivity contribution in [2.75, 3.05) is 5.75 Å². The molecule has 4 aromatic rings. The second-order valence-corrected chi connectivity index (χ2v) is 10.6. The number of hydrogen-bond acceptors (Lipinski definition) is 7. The summed E-state index contributed by atoms with van der Waals surface area (Å²) in [7, 11) is 0. The van der Waals surface area contributed by atoms with E-state index in [1.165, 1.54) is 22.7 Å². The van der Waals surface area contributed by atoms with Crippen LogP contribution in [0, 0.1) is 27.7 Å². The van der Waals surface area contributed by atoms with E-state index in [0.717, 1.165) is 39.0 Å². The molecule has 3 aromatic heterocycles. The summed E-state index contributed by atoms with van der Waals surface area (Å²) in [6.45, 7) is 7.86. The van der Waals surface area contributed by atoms with Crippen LogP contribution in [0.4, 0.5) is 0 Å². The molecule has 3 heterocycles. The zero-order valence-corrected chi connectivity index (χ0v) is 21.0. The van der Waals surface area contributed by atoms with Gasteiger partial charge in [0.25, 0.3) is 11.5 Å². The Kier molecular flexibility index (Phi) is 6.68. The molecule has 0 saturated heterocycles. The number of nitrogens with zero attached hydrogens (tertiary/aromatic N) is 2. The van der Waals surface area contributed by atoms with Gasteiger partial charge >= 0.3 is 0 Å². The molecule has 170 valence electrons. The van der Waals surface area contributed by atoms with Crippen LogP contribution in [0.3, 0.4) is 0 Å². The lowest BCUT2D eigenvalue weighted by molar-refractivity contribution is -0.119. The van der Waals surface area contributed by atoms with E-state index in [1.807, 2.05) is 45.9 Å². The highest BCUT2D eigenvalue weighted by Crippen LogP contribution is 2.30. The molecular formula is C23H22N4O3S3. The second-order valence-electron chi connectivity index (χ2n) is 7.49. The highest BCUT2D eigenvalue weighted by molar-refractivity contribution is 7.99. The van der Waals surface area contributed by atoms with Crippen molar-refractivity contribution in [3.63, 3.8) is 0 Å². The number of thiophene rings is 2. The minimum atomic E-state index is -0.398. The van der Waals surface area contributed by atoms with E-state index in [-0.39, 0.29) is 17.2 Å². The Morgan fingerprint density at radius 2 is 1.85 bits per heavy atom. The molecule has 2 N–H and O–H groups in total. The molecule has 10 heteroatoms. The fraction of sp³-hybridized carbons (Fsp3) is 0.217. The van der Waals surface area contributed by atoms with E-state index in [0.29, 0.717) is 20.3 Å². The zero-order chi connectivity index (χ0) is 23.7. The number of fused-ring (bicyclic) bond motifs is 1. The first kappa shape index (κ1) is 23.2. The fourth-order valence-corrected chi connectivity index (χ4v) is 5.82. The van der Waals surface area contributed by atoms with Crippen molar-refractivity contribution < 1.29 is 9.59 Å². The third-order valence-corrected chi connectivity index (χ3v) is 8.29. The molecule has 2 amide bonds. The molecule has 0 fully saturated rings. The van der Waals surface area contributed by atoms with Crippen LogP contribution >= 0.6 is 34.4 Å². The predicted molar refractivity (Wildman–Crippen MR) is 135 cm³/mol. The van der Waals surface area contributed by atoms with E-state index in [9.17, 15) is 14.4 Å². The van der Waals surface area contributed by atoms with Gasteiger partial charge < -0.3 is 0 Å². The third-order valence-electron chi connectivity index (χ3n) is 5.38. The number of carbonyl (C=O) groups is 2. The maximum Gasteiger partial charge on any atom is 0.279 e. The molecule has 7 nitrogen and oxygen atoms in total. The normalized spacial score (nSPS) is 11.0. The van der Waals surface area contributed by atoms with Gasteiger partial charge in [-0.3, -0.25) is 29.8 Å². The summed E-state index contributed by atoms with van der Waals surface area (Å²) in [6, 6.07) is 9.22. The van der Waals surface area contributed by atoms with Crippen LogP contribution in [0.1, 0.15) is 31.2 Å². The summed E-state index contributed by atoms with van der Waals surface area (Å²) < 4.78 is 1.59. The van der Waals surface area contributed by atoms with Gasteiger partial charge in [-0.1, -0.05) is 30.0 Å². The Labute approximate surface area is 202 Å². The van der Waals surface area contributed by atoms with Crippen molar-refractivity contribution in [3.05, 3.63) is 72.5 Å². The van der Waals surface area contributed by atoms with Gasteiger partial charge in [-0.25, -0.2) is 4.98 Å². The number of thioether (sulfide) groups is 1. The fourth-order valence-electron chi connectivity index (χ4n) is 3.32. The summed E-state index contributed by atoms with van der Waals surface area (Å²) in [5.74, 6) is -0.790. The van der Waals surface area contributed by atoms with E-state index in [1.54, 1.807) is 22.1 Å². The van der Waals surface area contributed by atoms with Crippen molar-refractivity contribution in [2.24, 2.45) is 0 Å². The van der Waals surface area contributed by atoms with Gasteiger partial charge in [0.15, 0.2) is 5.16 Å². The van der Waals surface area contributed by atoms with Crippen LogP contribution in [0.15, 0.2) is 45.7 Å². The number of rotatable bonds is 5. The highest BCUT2D eigenvalue weighted by atomic mass is 32.2. The van der Waals surface area contributed by atoms with Gasteiger partial charge in [-0.05, 0) is 61.9 Å². The summed E-state index contributed by atoms with van der Waals surface area (Å²) in [5.41, 5.74) is 8.38. The number of hydrazine groups is 1. The van der Waals surface area contributed by atoms with E-state index >= 15 is 0 Å². The van der Waals surface area contributed by atoms with Gasteiger partial charge in [0.2, 0.25) is 5.91 Å². The molecule has 1 aromatic carbocycles. The van der Waals surface area contributed by atoms with Crippen LogP contribution in [-0.2, 0) is 4.79 Å². The molecule has 0 aliphatic heterocycles. The number of hydrogen-bond donors (Lipinski definition) is 2. The third kappa shape index (κ3) is 4.59. The van der Waals surface area contributed by atoms with Crippen molar-refractivity contribution in [1.29, 1.82) is 0 Å². The minimum absolute atomic E-state index is 0.0170. The molecular weight excluding hydrogens is 476 g/mol. The van der Waals surface area contributed by atoms with Gasteiger partial charge in [-0.2, -0.15) is 0 Å². The summed E-state index contributed by atoms with van der Waals surface area (Å²) in [5, 5.41) is 2.83. The van der Waals surface area contributed by atoms with Crippen LogP contribution in [-0.4, -0.2) is 27.1 Å². The maximum absolute atomic E-state index is 13.6. The second kappa shape index (κ2) is 9.50. The minimum Gasteiger partial charge on any atom is -0.272 e. The van der Waals surface area contributed by atoms with Crippen molar-refractivity contribution in [3.8, 4) is 5.69 Å². The Morgan fingerprint density at radius 1 is 1.06 bits per heavy atom. The smallest absolute Gasteiger partial charge is 0.272 e. The first-order valence-corrected chi connectivity index (χ1v) is 12.8. The van der Waals surface area contributed by atoms with Crippen molar-refractivity contribution in [2.45, 2.75) is 32.9 Å². The lowest BCUT2D eigenvalue weighted by Crippen LogP contribution is -2.42. The van der Waals surface area contributed by atoms with Crippen LogP contribution in [0.2, 0.25) is 0 Å². The molecule has 0 bridgehead atoms. The van der Waals surface area contributed by atoms with Crippen LogP contribution < -0.4 is 16.4 Å². The summed E-state index contributed by atoms with van der Waals surface area (Å²) in [6.07, 6.45) is 0. The molecule has 0 unspecified atom stereocenters. The molecule has 0 saturated carbocycles. The average Bonchev–Trinajstić information content (AvgIpc) is 3.42. The molecule has 0 radical (unpaired) electrons. The quantitative estimate of drug-likeness (QED) is 0.243. The molecule has 0 spiro atoms. The lowest BCUT2D eigenvalue weighted by Gasteiger charge is -2.15. The first-order chi connectivity index (χ1) is 15.8. The maximum atomic E-state index is 13.6. The monoisotopic (exact) mass is 498 g/mol. The number of amides is 2. The average molecular weight is 499 g/mol. The van der Waals surface area contributed by atoms with Crippen molar-refractivity contribution in [1.82, 2.24) is 20.4 Å². The Balaban J connectivity index is 1.65. The molecule has 0 aliphatic carbocycles. The van der Waals surface area contributed by atoms with Crippen molar-refractivity contribution >= 4 is 56.5 Å². The molecule has 33 heavy (non-hydrogen) atoms. The Hall–Kier alpha value is -2.95. The molecule has 4 rings (SSSR count). The highest BCUT2D eigenvalue weighted by Gasteiger charge is 2.20. The lowest BCUT2D eigenvalue weighted by atomic mass is 10.1. The van der Waals surface area contributed by atoms with Crippen LogP contribution in [0.25, 0.3) is 15.9 Å². The predicted octanol–water partition coefficient (Wildman–Crippen LogP) is 4.30. The van der Waals surface area contributed by atoms with Gasteiger partial charge in [0.1, 0.15) is 4.83 Å². The largest absolute Gasteiger partial charge is 0.279 e. The zero-order valence-electron chi connectivity index (χ0n) is 18.5. The number of nitrogens with one attached hydrogen (secondary N) is 2. The van der Waals surface area contributed by atoms with E-state index < -0.39 is 5.91 Å². The topological polar surface area (TPSA) is 93.1 Å². The first-order valence-electron chi connectivity index (χ1n) is 10.1. The summed E-state index contributed by atoms with van der Waals surface area (Å²) >= 11 is 3.91. The number of carbonyl (C=O) groups excluding carboxylic acids is 2. The van der Waals surface area contributed by atoms with Crippen LogP contribution in [0.5, 0.6) is 0 Å². The molecule has 0 aliphatic rings. The van der Waals surface area contributed by atoms with Gasteiger partial charge in [0.05, 0.1) is 21.7 Å². The van der Waals surface area contributed by atoms with Gasteiger partial charge in [0, 0.05) is 4.88 Å². The SMILES string of the molecule is Cc1cccc(-n2c(SCC(=O)NNC(=O)c3cccs3)nc3sc(C)c(C)c3c2=O)c1C. The van der Waals surface area contributed by atoms with Gasteiger partial charge in [-0.15, -0.1) is 22.7 Å². The standard InChI is InChI=1S/C23H22N4O3S3/c1-12-7-5-8-16(13(12)2)27-22(30)19-14(3)15(4)33-21(19)24-23(27)32-11-18(28)25-26-20(29)17-9-6-10-31-17/h5-10H,11H2,1-4H3,(H,25,28)(H,26,29).